The van der Waals surface area contributed by atoms with Gasteiger partial charge < -0.3 is 10.0 Å². The third kappa shape index (κ3) is 3.76. The number of piperidine rings is 1. The molecule has 0 aliphatic carbocycles. The molecule has 1 atom stereocenters. The van der Waals surface area contributed by atoms with E-state index in [2.05, 4.69) is 4.98 Å². The Morgan fingerprint density at radius 1 is 1.40 bits per heavy atom. The molecule has 1 N–H and O–H groups in total. The Labute approximate surface area is 120 Å². The van der Waals surface area contributed by atoms with E-state index in [0.717, 1.165) is 25.0 Å². The van der Waals surface area contributed by atoms with Gasteiger partial charge in [0.1, 0.15) is 11.0 Å². The van der Waals surface area contributed by atoms with Crippen molar-refractivity contribution in [1.29, 1.82) is 0 Å². The largest absolute Gasteiger partial charge is 0.416 e. The van der Waals surface area contributed by atoms with Gasteiger partial charge in [-0.15, -0.1) is 0 Å². The zero-order chi connectivity index (χ0) is 14.8. The van der Waals surface area contributed by atoms with Crippen LogP contribution in [0.4, 0.5) is 19.0 Å². The number of hydrogen-bond acceptors (Lipinski definition) is 3. The van der Waals surface area contributed by atoms with E-state index in [0.29, 0.717) is 19.5 Å². The summed E-state index contributed by atoms with van der Waals surface area (Å²) in [5, 5.41) is 8.81. The minimum absolute atomic E-state index is 0.0925. The van der Waals surface area contributed by atoms with Crippen molar-refractivity contribution in [2.75, 3.05) is 24.6 Å². The van der Waals surface area contributed by atoms with E-state index in [1.165, 1.54) is 0 Å². The molecule has 1 aromatic heterocycles. The third-order valence-electron chi connectivity index (χ3n) is 3.49. The monoisotopic (exact) mass is 308 g/mol. The summed E-state index contributed by atoms with van der Waals surface area (Å²) in [5.41, 5.74) is -0.781. The Morgan fingerprint density at radius 2 is 2.15 bits per heavy atom. The summed E-state index contributed by atoms with van der Waals surface area (Å²) >= 11 is 5.70. The number of halogens is 4. The van der Waals surface area contributed by atoms with Crippen LogP contribution in [0.1, 0.15) is 24.8 Å². The van der Waals surface area contributed by atoms with Gasteiger partial charge in [0.05, 0.1) is 5.56 Å². The van der Waals surface area contributed by atoms with Gasteiger partial charge in [-0.3, -0.25) is 0 Å². The van der Waals surface area contributed by atoms with Gasteiger partial charge in [-0.05, 0) is 37.3 Å². The SMILES string of the molecule is OCCC1CCCN(c2cc(C(F)(F)F)cc(Cl)n2)C1. The highest BCUT2D eigenvalue weighted by Gasteiger charge is 2.32. The molecule has 1 aliphatic heterocycles. The van der Waals surface area contributed by atoms with Crippen LogP contribution in [0.15, 0.2) is 12.1 Å². The molecule has 0 aromatic carbocycles. The van der Waals surface area contributed by atoms with Gasteiger partial charge in [-0.2, -0.15) is 13.2 Å². The second-order valence-electron chi connectivity index (χ2n) is 5.00. The van der Waals surface area contributed by atoms with Crippen LogP contribution in [0.3, 0.4) is 0 Å². The molecule has 0 spiro atoms. The number of hydrogen-bond donors (Lipinski definition) is 1. The molecule has 20 heavy (non-hydrogen) atoms. The van der Waals surface area contributed by atoms with Crippen LogP contribution in [-0.2, 0) is 6.18 Å². The summed E-state index contributed by atoms with van der Waals surface area (Å²) in [6, 6.07) is 1.87. The van der Waals surface area contributed by atoms with E-state index < -0.39 is 11.7 Å². The number of aromatic nitrogens is 1. The zero-order valence-electron chi connectivity index (χ0n) is 10.8. The number of aliphatic hydroxyl groups is 1. The molecular weight excluding hydrogens is 293 g/mol. The van der Waals surface area contributed by atoms with E-state index in [-0.39, 0.29) is 23.5 Å². The highest BCUT2D eigenvalue weighted by molar-refractivity contribution is 6.29. The lowest BCUT2D eigenvalue weighted by molar-refractivity contribution is -0.137. The fourth-order valence-electron chi connectivity index (χ4n) is 2.50. The Kier molecular flexibility index (Phi) is 4.75. The second kappa shape index (κ2) is 6.18. The Morgan fingerprint density at radius 3 is 2.80 bits per heavy atom. The molecule has 1 unspecified atom stereocenters. The summed E-state index contributed by atoms with van der Waals surface area (Å²) in [4.78, 5) is 5.80. The Bertz CT molecular complexity index is 465. The first kappa shape index (κ1) is 15.4. The van der Waals surface area contributed by atoms with Crippen LogP contribution in [0.2, 0.25) is 5.15 Å². The normalized spacial score (nSPS) is 20.2. The second-order valence-corrected chi connectivity index (χ2v) is 5.39. The minimum Gasteiger partial charge on any atom is -0.396 e. The van der Waals surface area contributed by atoms with E-state index in [4.69, 9.17) is 16.7 Å². The molecule has 2 heterocycles. The molecule has 1 saturated heterocycles. The molecule has 3 nitrogen and oxygen atoms in total. The molecule has 0 amide bonds. The zero-order valence-corrected chi connectivity index (χ0v) is 11.6. The molecule has 1 aromatic rings. The molecule has 112 valence electrons. The molecular formula is C13H16ClF3N2O. The highest BCUT2D eigenvalue weighted by atomic mass is 35.5. The Balaban J connectivity index is 2.21. The predicted molar refractivity (Wildman–Crippen MR) is 70.9 cm³/mol. The molecule has 1 aliphatic rings. The predicted octanol–water partition coefficient (Wildman–Crippen LogP) is 3.35. The van der Waals surface area contributed by atoms with E-state index >= 15 is 0 Å². The van der Waals surface area contributed by atoms with Crippen LogP contribution in [0, 0.1) is 5.92 Å². The summed E-state index contributed by atoms with van der Waals surface area (Å²) in [5.74, 6) is 0.538. The van der Waals surface area contributed by atoms with Crippen molar-refractivity contribution in [3.8, 4) is 0 Å². The third-order valence-corrected chi connectivity index (χ3v) is 3.68. The van der Waals surface area contributed by atoms with Gasteiger partial charge in [-0.25, -0.2) is 4.98 Å². The van der Waals surface area contributed by atoms with Gasteiger partial charge in [0.2, 0.25) is 0 Å². The average molecular weight is 309 g/mol. The number of aliphatic hydroxyl groups excluding tert-OH is 1. The van der Waals surface area contributed by atoms with Crippen molar-refractivity contribution in [2.24, 2.45) is 5.92 Å². The molecule has 0 radical (unpaired) electrons. The van der Waals surface area contributed by atoms with Crippen LogP contribution in [0.25, 0.3) is 0 Å². The van der Waals surface area contributed by atoms with Crippen LogP contribution >= 0.6 is 11.6 Å². The van der Waals surface area contributed by atoms with Crippen molar-refractivity contribution in [1.82, 2.24) is 4.98 Å². The summed E-state index contributed by atoms with van der Waals surface area (Å²) in [6.07, 6.45) is -1.92. The van der Waals surface area contributed by atoms with E-state index in [1.807, 2.05) is 4.90 Å². The van der Waals surface area contributed by atoms with Crippen molar-refractivity contribution < 1.29 is 18.3 Å². The standard InChI is InChI=1S/C13H16ClF3N2O/c14-11-6-10(13(15,16)17)7-12(18-11)19-4-1-2-9(8-19)3-5-20/h6-7,9,20H,1-5,8H2. The molecule has 7 heteroatoms. The van der Waals surface area contributed by atoms with Gasteiger partial charge in [-0.1, -0.05) is 11.6 Å². The van der Waals surface area contributed by atoms with Crippen LogP contribution in [-0.4, -0.2) is 29.8 Å². The number of anilines is 1. The average Bonchev–Trinajstić information content (AvgIpc) is 2.38. The maximum Gasteiger partial charge on any atom is 0.416 e. The van der Waals surface area contributed by atoms with Crippen molar-refractivity contribution in [2.45, 2.75) is 25.4 Å². The highest BCUT2D eigenvalue weighted by Crippen LogP contribution is 2.34. The van der Waals surface area contributed by atoms with Crippen LogP contribution < -0.4 is 4.90 Å². The van der Waals surface area contributed by atoms with Gasteiger partial charge >= 0.3 is 6.18 Å². The number of pyridine rings is 1. The maximum atomic E-state index is 12.8. The number of nitrogens with zero attached hydrogens (tertiary/aromatic N) is 2. The van der Waals surface area contributed by atoms with Crippen LogP contribution in [0.5, 0.6) is 0 Å². The van der Waals surface area contributed by atoms with E-state index in [9.17, 15) is 13.2 Å². The first-order valence-corrected chi connectivity index (χ1v) is 6.88. The number of rotatable bonds is 3. The van der Waals surface area contributed by atoms with Crippen molar-refractivity contribution in [3.63, 3.8) is 0 Å². The van der Waals surface area contributed by atoms with Gasteiger partial charge in [0.15, 0.2) is 0 Å². The Hall–Kier alpha value is -1.01. The quantitative estimate of drug-likeness (QED) is 0.870. The molecule has 0 saturated carbocycles. The number of alkyl halides is 3. The summed E-state index contributed by atoms with van der Waals surface area (Å²) in [6.45, 7) is 1.35. The summed E-state index contributed by atoms with van der Waals surface area (Å²) < 4.78 is 38.3. The minimum atomic E-state index is -4.43. The maximum absolute atomic E-state index is 12.8. The topological polar surface area (TPSA) is 36.4 Å². The molecule has 1 fully saturated rings. The van der Waals surface area contributed by atoms with Crippen molar-refractivity contribution >= 4 is 17.4 Å². The first-order valence-electron chi connectivity index (χ1n) is 6.50. The molecule has 2 rings (SSSR count). The smallest absolute Gasteiger partial charge is 0.396 e. The lowest BCUT2D eigenvalue weighted by Gasteiger charge is -2.33. The lowest BCUT2D eigenvalue weighted by atomic mass is 9.95. The van der Waals surface area contributed by atoms with E-state index in [1.54, 1.807) is 0 Å². The fraction of sp³-hybridized carbons (Fsp3) is 0.615. The lowest BCUT2D eigenvalue weighted by Crippen LogP contribution is -2.36. The first-order chi connectivity index (χ1) is 9.40. The van der Waals surface area contributed by atoms with Gasteiger partial charge in [0, 0.05) is 19.7 Å². The van der Waals surface area contributed by atoms with Gasteiger partial charge in [0.25, 0.3) is 0 Å². The molecule has 0 bridgehead atoms. The fourth-order valence-corrected chi connectivity index (χ4v) is 2.70. The van der Waals surface area contributed by atoms with Crippen molar-refractivity contribution in [3.05, 3.63) is 22.8 Å². The summed E-state index contributed by atoms with van der Waals surface area (Å²) in [7, 11) is 0.